The molecular formula is C20H18IN3O2. The molecule has 5 nitrogen and oxygen atoms in total. The largest absolute Gasteiger partial charge is 0.496 e. The number of ether oxygens (including phenoxy) is 1. The van der Waals surface area contributed by atoms with E-state index in [4.69, 9.17) is 4.74 Å². The van der Waals surface area contributed by atoms with E-state index >= 15 is 0 Å². The molecule has 132 valence electrons. The average molecular weight is 459 g/mol. The summed E-state index contributed by atoms with van der Waals surface area (Å²) >= 11 is 2.19. The van der Waals surface area contributed by atoms with Crippen LogP contribution in [0.1, 0.15) is 5.56 Å². The Bertz CT molecular complexity index is 951. The molecule has 0 saturated carbocycles. The van der Waals surface area contributed by atoms with Crippen molar-refractivity contribution >= 4 is 51.2 Å². The number of halogens is 1. The van der Waals surface area contributed by atoms with E-state index in [1.54, 1.807) is 13.3 Å². The molecule has 2 N–H and O–H groups in total. The fraction of sp³-hybridized carbons (Fsp3) is 0.100. The first-order chi connectivity index (χ1) is 12.7. The van der Waals surface area contributed by atoms with E-state index in [1.807, 2.05) is 60.7 Å². The second-order valence-corrected chi connectivity index (χ2v) is 6.73. The van der Waals surface area contributed by atoms with Crippen molar-refractivity contribution in [3.63, 3.8) is 0 Å². The summed E-state index contributed by atoms with van der Waals surface area (Å²) in [5, 5.41) is 9.37. The Morgan fingerprint density at radius 3 is 2.77 bits per heavy atom. The van der Waals surface area contributed by atoms with Gasteiger partial charge in [-0.15, -0.1) is 0 Å². The number of rotatable bonds is 6. The molecule has 0 saturated heterocycles. The van der Waals surface area contributed by atoms with Gasteiger partial charge in [0.25, 0.3) is 5.91 Å². The van der Waals surface area contributed by atoms with Gasteiger partial charge in [0, 0.05) is 11.1 Å². The number of carbonyl (C=O) groups is 1. The van der Waals surface area contributed by atoms with Crippen LogP contribution in [0.2, 0.25) is 0 Å². The number of carbonyl (C=O) groups excluding carboxylic acids is 1. The highest BCUT2D eigenvalue weighted by atomic mass is 127. The van der Waals surface area contributed by atoms with Crippen molar-refractivity contribution in [3.05, 3.63) is 69.8 Å². The molecule has 26 heavy (non-hydrogen) atoms. The highest BCUT2D eigenvalue weighted by molar-refractivity contribution is 14.1. The monoisotopic (exact) mass is 459 g/mol. The number of benzene rings is 3. The van der Waals surface area contributed by atoms with E-state index in [9.17, 15) is 4.79 Å². The summed E-state index contributed by atoms with van der Waals surface area (Å²) in [5.74, 6) is 0.600. The van der Waals surface area contributed by atoms with Crippen LogP contribution in [0.15, 0.2) is 65.8 Å². The molecule has 0 radical (unpaired) electrons. The lowest BCUT2D eigenvalue weighted by Gasteiger charge is -2.08. The summed E-state index contributed by atoms with van der Waals surface area (Å²) in [5.41, 5.74) is 4.34. The number of anilines is 1. The van der Waals surface area contributed by atoms with Gasteiger partial charge < -0.3 is 10.1 Å². The predicted octanol–water partition coefficient (Wildman–Crippen LogP) is 4.02. The summed E-state index contributed by atoms with van der Waals surface area (Å²) in [6.07, 6.45) is 1.61. The number of hydrogen-bond acceptors (Lipinski definition) is 4. The highest BCUT2D eigenvalue weighted by Gasteiger charge is 2.03. The van der Waals surface area contributed by atoms with Crippen molar-refractivity contribution in [2.24, 2.45) is 5.10 Å². The Kier molecular flexibility index (Phi) is 6.06. The van der Waals surface area contributed by atoms with Gasteiger partial charge in [0.2, 0.25) is 0 Å². The third-order valence-corrected chi connectivity index (χ3v) is 4.65. The van der Waals surface area contributed by atoms with Gasteiger partial charge in [-0.05, 0) is 57.8 Å². The van der Waals surface area contributed by atoms with E-state index in [0.717, 1.165) is 31.3 Å². The lowest BCUT2D eigenvalue weighted by molar-refractivity contribution is -0.119. The summed E-state index contributed by atoms with van der Waals surface area (Å²) in [6.45, 7) is 0.144. The molecule has 0 bridgehead atoms. The normalized spacial score (nSPS) is 10.8. The van der Waals surface area contributed by atoms with Crippen LogP contribution in [0.4, 0.5) is 5.69 Å². The zero-order valence-corrected chi connectivity index (χ0v) is 16.4. The Balaban J connectivity index is 1.56. The number of fused-ring (bicyclic) bond motifs is 1. The summed E-state index contributed by atoms with van der Waals surface area (Å²) in [6, 6.07) is 19.7. The smallest absolute Gasteiger partial charge is 0.259 e. The van der Waals surface area contributed by atoms with Gasteiger partial charge in [-0.25, -0.2) is 5.43 Å². The molecule has 3 rings (SSSR count). The van der Waals surface area contributed by atoms with Crippen LogP contribution >= 0.6 is 22.6 Å². The third-order valence-electron chi connectivity index (χ3n) is 3.81. The molecule has 3 aromatic carbocycles. The molecule has 0 fully saturated rings. The summed E-state index contributed by atoms with van der Waals surface area (Å²) in [7, 11) is 1.63. The Hall–Kier alpha value is -2.61. The van der Waals surface area contributed by atoms with E-state index in [-0.39, 0.29) is 12.5 Å². The van der Waals surface area contributed by atoms with Gasteiger partial charge in [0.1, 0.15) is 5.75 Å². The second kappa shape index (κ2) is 8.66. The van der Waals surface area contributed by atoms with Gasteiger partial charge in [0.15, 0.2) is 0 Å². The lowest BCUT2D eigenvalue weighted by atomic mass is 10.1. The maximum Gasteiger partial charge on any atom is 0.259 e. The van der Waals surface area contributed by atoms with Crippen LogP contribution in [0.5, 0.6) is 5.75 Å². The van der Waals surface area contributed by atoms with E-state index in [0.29, 0.717) is 0 Å². The molecule has 6 heteroatoms. The fourth-order valence-corrected chi connectivity index (χ4v) is 3.30. The van der Waals surface area contributed by atoms with Crippen molar-refractivity contribution in [2.75, 3.05) is 19.0 Å². The second-order valence-electron chi connectivity index (χ2n) is 5.57. The van der Waals surface area contributed by atoms with Gasteiger partial charge >= 0.3 is 0 Å². The van der Waals surface area contributed by atoms with Crippen molar-refractivity contribution in [2.45, 2.75) is 0 Å². The Morgan fingerprint density at radius 2 is 1.96 bits per heavy atom. The molecule has 0 unspecified atom stereocenters. The van der Waals surface area contributed by atoms with Gasteiger partial charge in [0.05, 0.1) is 23.4 Å². The molecule has 0 heterocycles. The first-order valence-electron chi connectivity index (χ1n) is 8.04. The van der Waals surface area contributed by atoms with Crippen LogP contribution in [-0.4, -0.2) is 25.8 Å². The third kappa shape index (κ3) is 4.51. The van der Waals surface area contributed by atoms with E-state index in [2.05, 4.69) is 38.4 Å². The standard InChI is InChI=1S/C20H18IN3O2/c1-26-19-10-9-14(11-17(19)21)12-23-24-20(25)13-22-18-8-4-6-15-5-2-3-7-16(15)18/h2-12,22H,13H2,1H3,(H,24,25)/b23-12-. The van der Waals surface area contributed by atoms with Crippen molar-refractivity contribution in [1.29, 1.82) is 0 Å². The summed E-state index contributed by atoms with van der Waals surface area (Å²) < 4.78 is 6.20. The molecule has 0 spiro atoms. The Labute approximate surface area is 165 Å². The fourth-order valence-electron chi connectivity index (χ4n) is 2.54. The maximum absolute atomic E-state index is 12.0. The first kappa shape index (κ1) is 18.2. The zero-order chi connectivity index (χ0) is 18.4. The molecule has 0 aliphatic carbocycles. The maximum atomic E-state index is 12.0. The molecule has 0 aromatic heterocycles. The number of hydrazone groups is 1. The predicted molar refractivity (Wildman–Crippen MR) is 114 cm³/mol. The van der Waals surface area contributed by atoms with E-state index in [1.165, 1.54) is 0 Å². The Morgan fingerprint density at radius 1 is 1.15 bits per heavy atom. The van der Waals surface area contributed by atoms with Crippen LogP contribution in [0, 0.1) is 3.57 Å². The van der Waals surface area contributed by atoms with Gasteiger partial charge in [-0.1, -0.05) is 36.4 Å². The number of nitrogens with one attached hydrogen (secondary N) is 2. The lowest BCUT2D eigenvalue weighted by Crippen LogP contribution is -2.25. The highest BCUT2D eigenvalue weighted by Crippen LogP contribution is 2.22. The van der Waals surface area contributed by atoms with Gasteiger partial charge in [-0.3, -0.25) is 4.79 Å². The van der Waals surface area contributed by atoms with Crippen molar-refractivity contribution in [3.8, 4) is 5.75 Å². The van der Waals surface area contributed by atoms with Crippen LogP contribution in [0.3, 0.4) is 0 Å². The first-order valence-corrected chi connectivity index (χ1v) is 9.12. The SMILES string of the molecule is COc1ccc(/C=N\NC(=O)CNc2cccc3ccccc23)cc1I. The minimum Gasteiger partial charge on any atom is -0.496 e. The number of nitrogens with zero attached hydrogens (tertiary/aromatic N) is 1. The number of hydrogen-bond donors (Lipinski definition) is 2. The van der Waals surface area contributed by atoms with Gasteiger partial charge in [-0.2, -0.15) is 5.10 Å². The minimum atomic E-state index is -0.211. The molecule has 0 aliphatic rings. The topological polar surface area (TPSA) is 62.7 Å². The van der Waals surface area contributed by atoms with Crippen LogP contribution < -0.4 is 15.5 Å². The zero-order valence-electron chi connectivity index (χ0n) is 14.2. The quantitative estimate of drug-likeness (QED) is 0.333. The van der Waals surface area contributed by atoms with E-state index < -0.39 is 0 Å². The average Bonchev–Trinajstić information content (AvgIpc) is 2.66. The molecular weight excluding hydrogens is 441 g/mol. The molecule has 1 amide bonds. The molecule has 0 atom stereocenters. The van der Waals surface area contributed by atoms with Crippen molar-refractivity contribution < 1.29 is 9.53 Å². The molecule has 3 aromatic rings. The molecule has 0 aliphatic heterocycles. The summed E-state index contributed by atoms with van der Waals surface area (Å²) in [4.78, 5) is 12.0. The van der Waals surface area contributed by atoms with Crippen molar-refractivity contribution in [1.82, 2.24) is 5.43 Å². The van der Waals surface area contributed by atoms with Crippen LogP contribution in [0.25, 0.3) is 10.8 Å². The number of methoxy groups -OCH3 is 1. The minimum absolute atomic E-state index is 0.144. The van der Waals surface area contributed by atoms with Crippen LogP contribution in [-0.2, 0) is 4.79 Å². The number of amides is 1.